The predicted molar refractivity (Wildman–Crippen MR) is 83.0 cm³/mol. The Bertz CT molecular complexity index is 740. The Morgan fingerprint density at radius 2 is 1.87 bits per heavy atom. The number of benzene rings is 1. The van der Waals surface area contributed by atoms with E-state index in [0.717, 1.165) is 10.1 Å². The minimum atomic E-state index is -0.748. The zero-order valence-electron chi connectivity index (χ0n) is 12.5. The summed E-state index contributed by atoms with van der Waals surface area (Å²) < 4.78 is 10.7. The quantitative estimate of drug-likeness (QED) is 0.850. The van der Waals surface area contributed by atoms with Gasteiger partial charge in [-0.15, -0.1) is 0 Å². The molecule has 0 saturated heterocycles. The molecule has 1 N–H and O–H groups in total. The van der Waals surface area contributed by atoms with Gasteiger partial charge in [-0.2, -0.15) is 0 Å². The van der Waals surface area contributed by atoms with Gasteiger partial charge in [0.05, 0.1) is 7.11 Å². The van der Waals surface area contributed by atoms with Crippen molar-refractivity contribution in [2.24, 2.45) is 0 Å². The molecule has 2 rings (SSSR count). The number of nitrogens with one attached hydrogen (secondary N) is 1. The SMILES string of the molecule is COC(=O)Cn1cccc(NC(=O)OCc2ccccc2)c1=O. The van der Waals surface area contributed by atoms with Crippen LogP contribution in [0.25, 0.3) is 0 Å². The Hall–Kier alpha value is -3.09. The highest BCUT2D eigenvalue weighted by atomic mass is 16.5. The number of pyridine rings is 1. The van der Waals surface area contributed by atoms with Gasteiger partial charge in [0, 0.05) is 6.20 Å². The number of carbonyl (C=O) groups is 2. The van der Waals surface area contributed by atoms with Crippen LogP contribution in [0.4, 0.5) is 10.5 Å². The topological polar surface area (TPSA) is 86.6 Å². The van der Waals surface area contributed by atoms with Gasteiger partial charge in [-0.25, -0.2) is 4.79 Å². The van der Waals surface area contributed by atoms with Crippen molar-refractivity contribution in [3.8, 4) is 0 Å². The van der Waals surface area contributed by atoms with Crippen molar-refractivity contribution in [1.29, 1.82) is 0 Å². The van der Waals surface area contributed by atoms with Crippen LogP contribution in [0.5, 0.6) is 0 Å². The first kappa shape index (κ1) is 16.3. The van der Waals surface area contributed by atoms with Gasteiger partial charge in [0.1, 0.15) is 18.8 Å². The Balaban J connectivity index is 1.99. The first-order valence-corrected chi connectivity index (χ1v) is 6.84. The fourth-order valence-corrected chi connectivity index (χ4v) is 1.83. The van der Waals surface area contributed by atoms with Crippen LogP contribution in [0.3, 0.4) is 0 Å². The third-order valence-corrected chi connectivity index (χ3v) is 3.00. The number of ether oxygens (including phenoxy) is 2. The maximum Gasteiger partial charge on any atom is 0.412 e. The molecule has 0 aliphatic rings. The Kier molecular flexibility index (Phi) is 5.51. The average molecular weight is 316 g/mol. The number of carbonyl (C=O) groups excluding carboxylic acids is 2. The number of esters is 1. The zero-order chi connectivity index (χ0) is 16.7. The number of hydrogen-bond donors (Lipinski definition) is 1. The van der Waals surface area contributed by atoms with E-state index in [1.54, 1.807) is 0 Å². The molecule has 23 heavy (non-hydrogen) atoms. The summed E-state index contributed by atoms with van der Waals surface area (Å²) in [6.07, 6.45) is 0.682. The van der Waals surface area contributed by atoms with Gasteiger partial charge in [0.25, 0.3) is 5.56 Å². The van der Waals surface area contributed by atoms with E-state index in [0.29, 0.717) is 0 Å². The maximum absolute atomic E-state index is 12.1. The van der Waals surface area contributed by atoms with Crippen LogP contribution < -0.4 is 10.9 Å². The number of methoxy groups -OCH3 is 1. The van der Waals surface area contributed by atoms with E-state index in [4.69, 9.17) is 4.74 Å². The van der Waals surface area contributed by atoms with Crippen molar-refractivity contribution in [3.63, 3.8) is 0 Å². The largest absolute Gasteiger partial charge is 0.468 e. The minimum Gasteiger partial charge on any atom is -0.468 e. The van der Waals surface area contributed by atoms with Gasteiger partial charge in [0.2, 0.25) is 0 Å². The van der Waals surface area contributed by atoms with Crippen LogP contribution in [0.15, 0.2) is 53.5 Å². The van der Waals surface area contributed by atoms with E-state index >= 15 is 0 Å². The first-order valence-electron chi connectivity index (χ1n) is 6.84. The van der Waals surface area contributed by atoms with E-state index in [2.05, 4.69) is 10.1 Å². The second-order valence-corrected chi connectivity index (χ2v) is 4.62. The highest BCUT2D eigenvalue weighted by molar-refractivity contribution is 5.84. The molecule has 0 aliphatic carbocycles. The summed E-state index contributed by atoms with van der Waals surface area (Å²) in [4.78, 5) is 35.1. The number of rotatable bonds is 5. The summed E-state index contributed by atoms with van der Waals surface area (Å²) in [7, 11) is 1.23. The number of aromatic nitrogens is 1. The molecule has 1 amide bonds. The Morgan fingerprint density at radius 1 is 1.13 bits per heavy atom. The molecule has 7 heteroatoms. The fourth-order valence-electron chi connectivity index (χ4n) is 1.83. The lowest BCUT2D eigenvalue weighted by molar-refractivity contribution is -0.141. The predicted octanol–water partition coefficient (Wildman–Crippen LogP) is 1.77. The third kappa shape index (κ3) is 4.70. The summed E-state index contributed by atoms with van der Waals surface area (Å²) in [6.45, 7) is -0.139. The molecule has 0 radical (unpaired) electrons. The van der Waals surface area contributed by atoms with Crippen molar-refractivity contribution in [3.05, 3.63) is 64.6 Å². The van der Waals surface area contributed by atoms with E-state index in [1.807, 2.05) is 30.3 Å². The van der Waals surface area contributed by atoms with Crippen LogP contribution in [-0.2, 0) is 27.4 Å². The standard InChI is InChI=1S/C16H16N2O5/c1-22-14(19)10-18-9-5-8-13(15(18)20)17-16(21)23-11-12-6-3-2-4-7-12/h2-9H,10-11H2,1H3,(H,17,21). The highest BCUT2D eigenvalue weighted by Crippen LogP contribution is 2.04. The van der Waals surface area contributed by atoms with Crippen molar-refractivity contribution in [2.75, 3.05) is 12.4 Å². The molecule has 1 aromatic heterocycles. The van der Waals surface area contributed by atoms with Gasteiger partial charge in [-0.05, 0) is 17.7 Å². The molecular weight excluding hydrogens is 300 g/mol. The van der Waals surface area contributed by atoms with Crippen LogP contribution in [0, 0.1) is 0 Å². The fraction of sp³-hybridized carbons (Fsp3) is 0.188. The molecule has 0 fully saturated rings. The average Bonchev–Trinajstić information content (AvgIpc) is 2.57. The van der Waals surface area contributed by atoms with Crippen LogP contribution in [-0.4, -0.2) is 23.7 Å². The van der Waals surface area contributed by atoms with Gasteiger partial charge in [-0.3, -0.25) is 14.9 Å². The molecule has 0 bridgehead atoms. The van der Waals surface area contributed by atoms with Crippen molar-refractivity contribution < 1.29 is 19.1 Å². The second-order valence-electron chi connectivity index (χ2n) is 4.62. The van der Waals surface area contributed by atoms with E-state index in [-0.39, 0.29) is 18.8 Å². The van der Waals surface area contributed by atoms with E-state index in [1.165, 1.54) is 25.4 Å². The van der Waals surface area contributed by atoms with Gasteiger partial charge < -0.3 is 14.0 Å². The maximum atomic E-state index is 12.1. The molecular formula is C16H16N2O5. The molecule has 120 valence electrons. The molecule has 2 aromatic rings. The summed E-state index contributed by atoms with van der Waals surface area (Å²) in [5.74, 6) is -0.559. The molecule has 0 aliphatic heterocycles. The molecule has 0 unspecified atom stereocenters. The Labute approximate surface area is 132 Å². The van der Waals surface area contributed by atoms with E-state index in [9.17, 15) is 14.4 Å². The van der Waals surface area contributed by atoms with Crippen molar-refractivity contribution in [1.82, 2.24) is 4.57 Å². The third-order valence-electron chi connectivity index (χ3n) is 3.00. The second kappa shape index (κ2) is 7.79. The van der Waals surface area contributed by atoms with Gasteiger partial charge >= 0.3 is 12.1 Å². The summed E-state index contributed by atoms with van der Waals surface area (Å²) in [6, 6.07) is 12.1. The lowest BCUT2D eigenvalue weighted by Gasteiger charge is -2.09. The lowest BCUT2D eigenvalue weighted by Crippen LogP contribution is -2.28. The highest BCUT2D eigenvalue weighted by Gasteiger charge is 2.10. The molecule has 0 spiro atoms. The molecule has 0 saturated carbocycles. The van der Waals surface area contributed by atoms with Crippen LogP contribution >= 0.6 is 0 Å². The zero-order valence-corrected chi connectivity index (χ0v) is 12.5. The molecule has 7 nitrogen and oxygen atoms in total. The first-order chi connectivity index (χ1) is 11.1. The summed E-state index contributed by atoms with van der Waals surface area (Å²) >= 11 is 0. The summed E-state index contributed by atoms with van der Waals surface area (Å²) in [5.41, 5.74) is 0.336. The molecule has 1 heterocycles. The van der Waals surface area contributed by atoms with Crippen molar-refractivity contribution >= 4 is 17.7 Å². The lowest BCUT2D eigenvalue weighted by atomic mass is 10.2. The molecule has 1 aromatic carbocycles. The number of hydrogen-bond acceptors (Lipinski definition) is 5. The van der Waals surface area contributed by atoms with Gasteiger partial charge in [0.15, 0.2) is 0 Å². The number of nitrogens with zero attached hydrogens (tertiary/aromatic N) is 1. The minimum absolute atomic E-state index is 0.0227. The van der Waals surface area contributed by atoms with Crippen LogP contribution in [0.1, 0.15) is 5.56 Å². The molecule has 0 atom stereocenters. The normalized spacial score (nSPS) is 9.96. The van der Waals surface area contributed by atoms with Crippen LogP contribution in [0.2, 0.25) is 0 Å². The number of amides is 1. The Morgan fingerprint density at radius 3 is 2.57 bits per heavy atom. The summed E-state index contributed by atoms with van der Waals surface area (Å²) in [5, 5.41) is 2.37. The van der Waals surface area contributed by atoms with Gasteiger partial charge in [-0.1, -0.05) is 30.3 Å². The van der Waals surface area contributed by atoms with E-state index < -0.39 is 17.6 Å². The van der Waals surface area contributed by atoms with Crippen molar-refractivity contribution in [2.45, 2.75) is 13.2 Å². The monoisotopic (exact) mass is 316 g/mol. The smallest absolute Gasteiger partial charge is 0.412 e. The number of anilines is 1.